The van der Waals surface area contributed by atoms with Crippen molar-refractivity contribution in [1.29, 1.82) is 0 Å². The molecule has 1 atom stereocenters. The summed E-state index contributed by atoms with van der Waals surface area (Å²) in [6.07, 6.45) is 5.13. The van der Waals surface area contributed by atoms with E-state index in [9.17, 15) is 4.79 Å². The van der Waals surface area contributed by atoms with Crippen molar-refractivity contribution in [2.75, 3.05) is 13.2 Å². The molecule has 6 heteroatoms. The largest absolute Gasteiger partial charge is 0.481 e. The van der Waals surface area contributed by atoms with E-state index in [1.165, 1.54) is 0 Å². The summed E-state index contributed by atoms with van der Waals surface area (Å²) in [5, 5.41) is 15.0. The van der Waals surface area contributed by atoms with Gasteiger partial charge in [-0.2, -0.15) is 0 Å². The molecular weight excluding hydrogens is 222 g/mol. The Morgan fingerprint density at radius 3 is 2.94 bits per heavy atom. The Bertz CT molecular complexity index is 335. The molecule has 0 aromatic carbocycles. The van der Waals surface area contributed by atoms with E-state index in [1.54, 1.807) is 12.4 Å². The smallest absolute Gasteiger partial charge is 0.307 e. The molecule has 2 heterocycles. The molecule has 6 nitrogen and oxygen atoms in total. The molecule has 0 saturated carbocycles. The van der Waals surface area contributed by atoms with Crippen molar-refractivity contribution >= 4 is 12.2 Å². The van der Waals surface area contributed by atoms with E-state index < -0.39 is 5.97 Å². The number of rotatable bonds is 4. The van der Waals surface area contributed by atoms with Gasteiger partial charge in [0.15, 0.2) is 6.29 Å². The number of aliphatic imine (C=N–C) groups is 1. The number of nitrogens with one attached hydrogen (secondary N) is 2. The zero-order chi connectivity index (χ0) is 12.1. The summed E-state index contributed by atoms with van der Waals surface area (Å²) >= 11 is 0. The van der Waals surface area contributed by atoms with Crippen molar-refractivity contribution in [3.05, 3.63) is 11.8 Å². The first-order valence-corrected chi connectivity index (χ1v) is 5.78. The maximum absolute atomic E-state index is 10.5. The van der Waals surface area contributed by atoms with Crippen LogP contribution < -0.4 is 10.6 Å². The summed E-state index contributed by atoms with van der Waals surface area (Å²) in [6.45, 7) is 1.57. The Kier molecular flexibility index (Phi) is 4.11. The number of aliphatic carboxylic acids is 1. The van der Waals surface area contributed by atoms with E-state index in [2.05, 4.69) is 15.6 Å². The first-order valence-electron chi connectivity index (χ1n) is 5.78. The summed E-state index contributed by atoms with van der Waals surface area (Å²) in [4.78, 5) is 14.7. The predicted molar refractivity (Wildman–Crippen MR) is 62.7 cm³/mol. The van der Waals surface area contributed by atoms with Gasteiger partial charge in [0.25, 0.3) is 0 Å². The summed E-state index contributed by atoms with van der Waals surface area (Å²) in [7, 11) is 0. The molecule has 2 aliphatic rings. The normalized spacial score (nSPS) is 25.2. The van der Waals surface area contributed by atoms with Crippen molar-refractivity contribution in [2.45, 2.75) is 31.6 Å². The van der Waals surface area contributed by atoms with Gasteiger partial charge in [0.2, 0.25) is 0 Å². The first-order chi connectivity index (χ1) is 8.24. The minimum absolute atomic E-state index is 0.000485. The number of hydrogen-bond acceptors (Lipinski definition) is 5. The Morgan fingerprint density at radius 2 is 2.35 bits per heavy atom. The van der Waals surface area contributed by atoms with Gasteiger partial charge in [-0.15, -0.1) is 0 Å². The minimum Gasteiger partial charge on any atom is -0.481 e. The molecule has 0 aromatic heterocycles. The van der Waals surface area contributed by atoms with E-state index >= 15 is 0 Å². The molecule has 94 valence electrons. The molecule has 0 bridgehead atoms. The Labute approximate surface area is 99.8 Å². The maximum Gasteiger partial charge on any atom is 0.307 e. The van der Waals surface area contributed by atoms with Crippen LogP contribution in [0.2, 0.25) is 0 Å². The number of carboxylic acid groups (broad SMARTS) is 1. The van der Waals surface area contributed by atoms with Gasteiger partial charge in [0.1, 0.15) is 0 Å². The molecule has 2 rings (SSSR count). The van der Waals surface area contributed by atoms with Crippen LogP contribution in [0.15, 0.2) is 16.8 Å². The van der Waals surface area contributed by atoms with Crippen LogP contribution in [-0.4, -0.2) is 42.8 Å². The molecule has 17 heavy (non-hydrogen) atoms. The van der Waals surface area contributed by atoms with Crippen LogP contribution in [0.1, 0.15) is 19.3 Å². The third-order valence-electron chi connectivity index (χ3n) is 2.79. The fourth-order valence-corrected chi connectivity index (χ4v) is 1.89. The SMILES string of the molecule is O=C(O)CC1=CNC(NC2CCOCC2)N=C1. The molecular formula is C11H17N3O3. The Hall–Kier alpha value is -1.40. The van der Waals surface area contributed by atoms with Gasteiger partial charge in [0, 0.05) is 31.7 Å². The number of nitrogens with zero attached hydrogens (tertiary/aromatic N) is 1. The fraction of sp³-hybridized carbons (Fsp3) is 0.636. The quantitative estimate of drug-likeness (QED) is 0.646. The van der Waals surface area contributed by atoms with Crippen LogP contribution in [0.3, 0.4) is 0 Å². The van der Waals surface area contributed by atoms with Crippen molar-refractivity contribution in [3.63, 3.8) is 0 Å². The van der Waals surface area contributed by atoms with Gasteiger partial charge in [-0.25, -0.2) is 0 Å². The lowest BCUT2D eigenvalue weighted by Gasteiger charge is -2.28. The number of carboxylic acids is 1. The summed E-state index contributed by atoms with van der Waals surface area (Å²) in [5.74, 6) is -0.847. The highest BCUT2D eigenvalue weighted by molar-refractivity contribution is 5.86. The second kappa shape index (κ2) is 5.79. The summed E-state index contributed by atoms with van der Waals surface area (Å²) in [5.41, 5.74) is 0.683. The van der Waals surface area contributed by atoms with Crippen molar-refractivity contribution in [2.24, 2.45) is 4.99 Å². The van der Waals surface area contributed by atoms with Gasteiger partial charge in [-0.1, -0.05) is 0 Å². The van der Waals surface area contributed by atoms with Crippen molar-refractivity contribution in [3.8, 4) is 0 Å². The van der Waals surface area contributed by atoms with Crippen molar-refractivity contribution < 1.29 is 14.6 Å². The highest BCUT2D eigenvalue weighted by atomic mass is 16.5. The lowest BCUT2D eigenvalue weighted by Crippen LogP contribution is -2.47. The van der Waals surface area contributed by atoms with Gasteiger partial charge in [-0.05, 0) is 18.4 Å². The lowest BCUT2D eigenvalue weighted by atomic mass is 10.1. The molecule has 1 saturated heterocycles. The van der Waals surface area contributed by atoms with E-state index in [1.807, 2.05) is 0 Å². The lowest BCUT2D eigenvalue weighted by molar-refractivity contribution is -0.136. The third-order valence-corrected chi connectivity index (χ3v) is 2.79. The van der Waals surface area contributed by atoms with Gasteiger partial charge >= 0.3 is 5.97 Å². The van der Waals surface area contributed by atoms with Crippen LogP contribution in [-0.2, 0) is 9.53 Å². The third kappa shape index (κ3) is 3.83. The maximum atomic E-state index is 10.5. The molecule has 0 aliphatic carbocycles. The van der Waals surface area contributed by atoms with Gasteiger partial charge in [0.05, 0.1) is 6.42 Å². The average molecular weight is 239 g/mol. The number of hydrogen-bond donors (Lipinski definition) is 3. The topological polar surface area (TPSA) is 83.0 Å². The summed E-state index contributed by atoms with van der Waals surface area (Å²) < 4.78 is 5.27. The zero-order valence-electron chi connectivity index (χ0n) is 9.56. The van der Waals surface area contributed by atoms with Crippen LogP contribution in [0.4, 0.5) is 0 Å². The number of ether oxygens (including phenoxy) is 1. The molecule has 0 spiro atoms. The molecule has 0 radical (unpaired) electrons. The molecule has 1 unspecified atom stereocenters. The highest BCUT2D eigenvalue weighted by Gasteiger charge is 2.18. The predicted octanol–water partition coefficient (Wildman–Crippen LogP) is 0.0712. The molecule has 0 amide bonds. The summed E-state index contributed by atoms with van der Waals surface area (Å²) in [6, 6.07) is 0.410. The van der Waals surface area contributed by atoms with E-state index in [4.69, 9.17) is 9.84 Å². The molecule has 1 fully saturated rings. The fourth-order valence-electron chi connectivity index (χ4n) is 1.89. The van der Waals surface area contributed by atoms with E-state index in [0.717, 1.165) is 26.1 Å². The van der Waals surface area contributed by atoms with Crippen LogP contribution >= 0.6 is 0 Å². The van der Waals surface area contributed by atoms with Crippen molar-refractivity contribution in [1.82, 2.24) is 10.6 Å². The highest BCUT2D eigenvalue weighted by Crippen LogP contribution is 2.08. The second-order valence-corrected chi connectivity index (χ2v) is 4.19. The molecule has 3 N–H and O–H groups in total. The van der Waals surface area contributed by atoms with Crippen LogP contribution in [0, 0.1) is 0 Å². The first kappa shape index (κ1) is 12.1. The minimum atomic E-state index is -0.847. The van der Waals surface area contributed by atoms with Gasteiger partial charge < -0.3 is 15.2 Å². The standard InChI is InChI=1S/C11H17N3O3/c15-10(16)5-8-6-12-11(13-7-8)14-9-1-3-17-4-2-9/h6-7,9,11-12,14H,1-5H2,(H,15,16). The monoisotopic (exact) mass is 239 g/mol. The van der Waals surface area contributed by atoms with Crippen LogP contribution in [0.5, 0.6) is 0 Å². The van der Waals surface area contributed by atoms with Gasteiger partial charge in [-0.3, -0.25) is 15.1 Å². The second-order valence-electron chi connectivity index (χ2n) is 4.19. The van der Waals surface area contributed by atoms with E-state index in [0.29, 0.717) is 11.6 Å². The molecule has 2 aliphatic heterocycles. The Balaban J connectivity index is 1.77. The van der Waals surface area contributed by atoms with E-state index in [-0.39, 0.29) is 12.7 Å². The van der Waals surface area contributed by atoms with Crippen LogP contribution in [0.25, 0.3) is 0 Å². The number of carbonyl (C=O) groups is 1. The average Bonchev–Trinajstić information content (AvgIpc) is 2.32. The molecule has 0 aromatic rings. The zero-order valence-corrected chi connectivity index (χ0v) is 9.56. The Morgan fingerprint density at radius 1 is 1.59 bits per heavy atom.